The lowest BCUT2D eigenvalue weighted by atomic mass is 10.1. The van der Waals surface area contributed by atoms with Crippen molar-refractivity contribution >= 4 is 32.5 Å². The van der Waals surface area contributed by atoms with E-state index in [0.29, 0.717) is 22.4 Å². The topological polar surface area (TPSA) is 99.4 Å². The summed E-state index contributed by atoms with van der Waals surface area (Å²) >= 11 is 0. The van der Waals surface area contributed by atoms with Gasteiger partial charge in [-0.1, -0.05) is 0 Å². The number of halogens is 1. The quantitative estimate of drug-likeness (QED) is 0.349. The zero-order valence-electron chi connectivity index (χ0n) is 19.2. The van der Waals surface area contributed by atoms with Gasteiger partial charge in [-0.3, -0.25) is 13.8 Å². The Kier molecular flexibility index (Phi) is 6.49. The van der Waals surface area contributed by atoms with E-state index >= 15 is 4.39 Å². The molecule has 0 aliphatic heterocycles. The summed E-state index contributed by atoms with van der Waals surface area (Å²) in [5.74, 6) is -0.480. The van der Waals surface area contributed by atoms with Gasteiger partial charge < -0.3 is 9.64 Å². The van der Waals surface area contributed by atoms with E-state index in [1.165, 1.54) is 7.11 Å². The zero-order chi connectivity index (χ0) is 24.5. The van der Waals surface area contributed by atoms with Gasteiger partial charge in [-0.25, -0.2) is 9.37 Å². The van der Waals surface area contributed by atoms with Crippen LogP contribution >= 0.6 is 0 Å². The van der Waals surface area contributed by atoms with Crippen LogP contribution in [-0.2, 0) is 21.3 Å². The molecule has 0 N–H and O–H groups in total. The minimum Gasteiger partial charge on any atom is -0.494 e. The Morgan fingerprint density at radius 2 is 1.94 bits per heavy atom. The van der Waals surface area contributed by atoms with E-state index in [1.807, 2.05) is 20.2 Å². The lowest BCUT2D eigenvalue weighted by molar-refractivity contribution is 0.330. The first-order valence-electron chi connectivity index (χ1n) is 10.4. The molecule has 0 spiro atoms. The molecule has 4 rings (SSSR count). The van der Waals surface area contributed by atoms with Gasteiger partial charge in [-0.2, -0.15) is 13.5 Å². The van der Waals surface area contributed by atoms with E-state index in [2.05, 4.69) is 10.1 Å². The third kappa shape index (κ3) is 5.15. The molecule has 2 heterocycles. The van der Waals surface area contributed by atoms with E-state index in [-0.39, 0.29) is 24.6 Å². The number of aryl methyl sites for hydroxylation is 2. The second-order valence-electron chi connectivity index (χ2n) is 7.81. The third-order valence-electron chi connectivity index (χ3n) is 5.13. The van der Waals surface area contributed by atoms with Gasteiger partial charge in [0, 0.05) is 31.0 Å². The van der Waals surface area contributed by atoms with Gasteiger partial charge in [0.15, 0.2) is 11.6 Å². The number of hydrogen-bond acceptors (Lipinski definition) is 8. The minimum absolute atomic E-state index is 0.0673. The monoisotopic (exact) mass is 485 g/mol. The van der Waals surface area contributed by atoms with Gasteiger partial charge in [0.1, 0.15) is 0 Å². The molecule has 0 fully saturated rings. The van der Waals surface area contributed by atoms with Crippen molar-refractivity contribution in [3.8, 4) is 17.0 Å². The summed E-state index contributed by atoms with van der Waals surface area (Å²) in [5.41, 5.74) is 4.31. The molecule has 34 heavy (non-hydrogen) atoms. The Morgan fingerprint density at radius 1 is 1.15 bits per heavy atom. The highest BCUT2D eigenvalue weighted by molar-refractivity contribution is 7.85. The molecule has 2 aromatic carbocycles. The molecule has 0 atom stereocenters. The second kappa shape index (κ2) is 9.35. The maximum absolute atomic E-state index is 15.3. The molecule has 11 heteroatoms. The number of aromatic nitrogens is 4. The van der Waals surface area contributed by atoms with Gasteiger partial charge in [-0.15, -0.1) is 0 Å². The summed E-state index contributed by atoms with van der Waals surface area (Å²) in [4.78, 5) is 10.8. The maximum Gasteiger partial charge on any atom is 0.264 e. The zero-order valence-corrected chi connectivity index (χ0v) is 20.0. The van der Waals surface area contributed by atoms with Crippen LogP contribution in [0.3, 0.4) is 0 Å². The summed E-state index contributed by atoms with van der Waals surface area (Å²) in [5, 5.41) is 4.17. The van der Waals surface area contributed by atoms with Crippen LogP contribution in [-0.4, -0.2) is 54.7 Å². The number of rotatable bonds is 8. The molecule has 0 saturated carbocycles. The van der Waals surface area contributed by atoms with Crippen LogP contribution in [0.2, 0.25) is 0 Å². The Bertz CT molecular complexity index is 1460. The summed E-state index contributed by atoms with van der Waals surface area (Å²) in [6.07, 6.45) is 6.17. The summed E-state index contributed by atoms with van der Waals surface area (Å²) in [7, 11) is -0.450. The maximum atomic E-state index is 15.3. The van der Waals surface area contributed by atoms with Crippen molar-refractivity contribution < 1.29 is 21.7 Å². The van der Waals surface area contributed by atoms with E-state index in [9.17, 15) is 8.42 Å². The van der Waals surface area contributed by atoms with E-state index in [1.54, 1.807) is 52.3 Å². The molecule has 0 aliphatic rings. The molecule has 178 valence electrons. The SMILES string of the molecule is COc1cc(C)cc(N(CCOS(C)(=O)=O)c2ccc3ncc(-c4cnn(C)c4)nc3c2)c1F. The first-order valence-corrected chi connectivity index (χ1v) is 12.2. The van der Waals surface area contributed by atoms with Crippen molar-refractivity contribution in [2.75, 3.05) is 31.4 Å². The first kappa shape index (κ1) is 23.6. The van der Waals surface area contributed by atoms with Crippen LogP contribution in [0.5, 0.6) is 5.75 Å². The average Bonchev–Trinajstić information content (AvgIpc) is 3.23. The second-order valence-corrected chi connectivity index (χ2v) is 9.45. The molecule has 0 unspecified atom stereocenters. The predicted octanol–water partition coefficient (Wildman–Crippen LogP) is 3.60. The normalized spacial score (nSPS) is 11.7. The van der Waals surface area contributed by atoms with Crippen molar-refractivity contribution in [2.24, 2.45) is 7.05 Å². The fourth-order valence-electron chi connectivity index (χ4n) is 3.59. The number of anilines is 2. The van der Waals surface area contributed by atoms with Crippen molar-refractivity contribution in [3.05, 3.63) is 60.3 Å². The summed E-state index contributed by atoms with van der Waals surface area (Å²) in [6, 6.07) is 8.59. The lowest BCUT2D eigenvalue weighted by Crippen LogP contribution is -2.25. The van der Waals surface area contributed by atoms with Crippen molar-refractivity contribution in [2.45, 2.75) is 6.92 Å². The Morgan fingerprint density at radius 3 is 2.62 bits per heavy atom. The predicted molar refractivity (Wildman–Crippen MR) is 127 cm³/mol. The molecule has 9 nitrogen and oxygen atoms in total. The molecular formula is C23H24FN5O4S. The van der Waals surface area contributed by atoms with Crippen LogP contribution in [0.1, 0.15) is 5.56 Å². The number of benzene rings is 2. The number of methoxy groups -OCH3 is 1. The lowest BCUT2D eigenvalue weighted by Gasteiger charge is -2.26. The number of nitrogens with zero attached hydrogens (tertiary/aromatic N) is 5. The average molecular weight is 486 g/mol. The Hall–Kier alpha value is -3.57. The van der Waals surface area contributed by atoms with E-state index in [0.717, 1.165) is 17.4 Å². The van der Waals surface area contributed by atoms with Gasteiger partial charge in [-0.05, 0) is 42.8 Å². The largest absolute Gasteiger partial charge is 0.494 e. The molecule has 0 amide bonds. The standard InChI is InChI=1S/C23H24FN5O4S/c1-15-9-21(23(24)22(10-15)32-3)29(7-8-33-34(4,30)31)17-5-6-18-19(11-17)27-20(13-25-18)16-12-26-28(2)14-16/h5-6,9-14H,7-8H2,1-4H3. The summed E-state index contributed by atoms with van der Waals surface area (Å²) in [6.45, 7) is 1.72. The number of hydrogen-bond donors (Lipinski definition) is 0. The third-order valence-corrected chi connectivity index (χ3v) is 5.72. The highest BCUT2D eigenvalue weighted by Crippen LogP contribution is 2.35. The fraction of sp³-hybridized carbons (Fsp3) is 0.261. The Balaban J connectivity index is 1.80. The highest BCUT2D eigenvalue weighted by Gasteiger charge is 2.20. The van der Waals surface area contributed by atoms with Crippen LogP contribution in [0.4, 0.5) is 15.8 Å². The summed E-state index contributed by atoms with van der Waals surface area (Å²) < 4.78 is 50.1. The molecule has 0 aliphatic carbocycles. The van der Waals surface area contributed by atoms with Crippen molar-refractivity contribution in [3.63, 3.8) is 0 Å². The molecule has 0 bridgehead atoms. The van der Waals surface area contributed by atoms with Gasteiger partial charge in [0.2, 0.25) is 0 Å². The van der Waals surface area contributed by atoms with Gasteiger partial charge in [0.25, 0.3) is 10.1 Å². The molecule has 0 radical (unpaired) electrons. The minimum atomic E-state index is -3.66. The van der Waals surface area contributed by atoms with Crippen molar-refractivity contribution in [1.29, 1.82) is 0 Å². The van der Waals surface area contributed by atoms with Gasteiger partial charge >= 0.3 is 0 Å². The van der Waals surface area contributed by atoms with Crippen LogP contribution in [0, 0.1) is 12.7 Å². The fourth-order valence-corrected chi connectivity index (χ4v) is 3.97. The first-order chi connectivity index (χ1) is 16.1. The van der Waals surface area contributed by atoms with Gasteiger partial charge in [0.05, 0.1) is 54.8 Å². The van der Waals surface area contributed by atoms with E-state index < -0.39 is 15.9 Å². The van der Waals surface area contributed by atoms with Crippen LogP contribution < -0.4 is 9.64 Å². The molecular weight excluding hydrogens is 461 g/mol. The molecule has 2 aromatic heterocycles. The molecule has 0 saturated heterocycles. The number of fused-ring (bicyclic) bond motifs is 1. The van der Waals surface area contributed by atoms with Crippen molar-refractivity contribution in [1.82, 2.24) is 19.7 Å². The molecule has 4 aromatic rings. The number of ether oxygens (including phenoxy) is 1. The highest BCUT2D eigenvalue weighted by atomic mass is 32.2. The van der Waals surface area contributed by atoms with Crippen LogP contribution in [0.15, 0.2) is 48.9 Å². The van der Waals surface area contributed by atoms with Crippen LogP contribution in [0.25, 0.3) is 22.3 Å². The smallest absolute Gasteiger partial charge is 0.264 e. The van der Waals surface area contributed by atoms with E-state index in [4.69, 9.17) is 13.9 Å². The Labute approximate surface area is 196 Å².